The number of piperidine rings is 1. The van der Waals surface area contributed by atoms with Crippen LogP contribution in [0.15, 0.2) is 53.3 Å². The molecule has 3 aromatic rings. The second kappa shape index (κ2) is 8.98. The highest BCUT2D eigenvalue weighted by molar-refractivity contribution is 5.92. The van der Waals surface area contributed by atoms with Crippen LogP contribution in [0.1, 0.15) is 45.1 Å². The Labute approximate surface area is 182 Å². The molecule has 0 bridgehead atoms. The lowest BCUT2D eigenvalue weighted by molar-refractivity contribution is -0.121. The molecule has 1 fully saturated rings. The van der Waals surface area contributed by atoms with Gasteiger partial charge in [-0.25, -0.2) is 0 Å². The molecule has 31 heavy (non-hydrogen) atoms. The number of pyridine rings is 1. The highest BCUT2D eigenvalue weighted by Crippen LogP contribution is 2.25. The molecule has 7 heteroatoms. The van der Waals surface area contributed by atoms with Gasteiger partial charge in [-0.3, -0.25) is 14.7 Å². The quantitative estimate of drug-likeness (QED) is 0.664. The molecular weight excluding hydrogens is 390 g/mol. The number of aromatic nitrogens is 3. The lowest BCUT2D eigenvalue weighted by atomic mass is 9.87. The van der Waals surface area contributed by atoms with Gasteiger partial charge in [0.2, 0.25) is 17.6 Å². The van der Waals surface area contributed by atoms with Gasteiger partial charge in [0.15, 0.2) is 0 Å². The minimum absolute atomic E-state index is 0.0304. The molecule has 162 valence electrons. The van der Waals surface area contributed by atoms with Crippen molar-refractivity contribution in [2.75, 3.05) is 18.4 Å². The molecule has 0 saturated carbocycles. The van der Waals surface area contributed by atoms with E-state index < -0.39 is 0 Å². The highest BCUT2D eigenvalue weighted by atomic mass is 16.5. The highest BCUT2D eigenvalue weighted by Gasteiger charge is 2.27. The summed E-state index contributed by atoms with van der Waals surface area (Å²) >= 11 is 0. The molecule has 7 nitrogen and oxygen atoms in total. The lowest BCUT2D eigenvalue weighted by Gasteiger charge is -2.30. The summed E-state index contributed by atoms with van der Waals surface area (Å²) in [6.07, 6.45) is 5.18. The maximum atomic E-state index is 12.6. The molecule has 1 aliphatic rings. The second-order valence-corrected chi connectivity index (χ2v) is 9.14. The van der Waals surface area contributed by atoms with Crippen molar-refractivity contribution in [1.82, 2.24) is 20.0 Å². The van der Waals surface area contributed by atoms with E-state index in [4.69, 9.17) is 4.52 Å². The van der Waals surface area contributed by atoms with Crippen molar-refractivity contribution in [1.29, 1.82) is 0 Å². The SMILES string of the molecule is CC(C)(C)c1ccc(-c2noc(CN3CCCC(C(=O)Nc4cccnc4)C3)n2)cc1. The maximum Gasteiger partial charge on any atom is 0.241 e. The van der Waals surface area contributed by atoms with Gasteiger partial charge in [0.1, 0.15) is 0 Å². The summed E-state index contributed by atoms with van der Waals surface area (Å²) < 4.78 is 5.50. The van der Waals surface area contributed by atoms with Crippen LogP contribution in [0.5, 0.6) is 0 Å². The van der Waals surface area contributed by atoms with Crippen LogP contribution in [0.2, 0.25) is 0 Å². The van der Waals surface area contributed by atoms with Crippen LogP contribution in [-0.4, -0.2) is 39.0 Å². The molecule has 1 amide bonds. The molecule has 3 heterocycles. The standard InChI is InChI=1S/C24H29N5O2/c1-24(2,3)19-10-8-17(9-11-19)22-27-21(31-28-22)16-29-13-5-6-18(15-29)23(30)26-20-7-4-12-25-14-20/h4,7-12,14,18H,5-6,13,15-16H2,1-3H3,(H,26,30). The van der Waals surface area contributed by atoms with Crippen molar-refractivity contribution in [3.8, 4) is 11.4 Å². The first kappa shape index (κ1) is 21.2. The maximum absolute atomic E-state index is 12.6. The average molecular weight is 420 g/mol. The van der Waals surface area contributed by atoms with Gasteiger partial charge in [-0.1, -0.05) is 50.2 Å². The summed E-state index contributed by atoms with van der Waals surface area (Å²) in [5.41, 5.74) is 3.04. The summed E-state index contributed by atoms with van der Waals surface area (Å²) in [5.74, 6) is 1.13. The Morgan fingerprint density at radius 3 is 2.74 bits per heavy atom. The summed E-state index contributed by atoms with van der Waals surface area (Å²) in [7, 11) is 0. The number of amides is 1. The van der Waals surface area contributed by atoms with Crippen LogP contribution in [0, 0.1) is 5.92 Å². The molecule has 0 radical (unpaired) electrons. The summed E-state index contributed by atoms with van der Waals surface area (Å²) in [6.45, 7) is 8.70. The molecule has 2 aromatic heterocycles. The van der Waals surface area contributed by atoms with E-state index in [1.807, 2.05) is 24.3 Å². The van der Waals surface area contributed by atoms with E-state index in [9.17, 15) is 4.79 Å². The molecule has 4 rings (SSSR count). The third-order valence-electron chi connectivity index (χ3n) is 5.64. The fraction of sp³-hybridized carbons (Fsp3) is 0.417. The van der Waals surface area contributed by atoms with Crippen molar-refractivity contribution < 1.29 is 9.32 Å². The van der Waals surface area contributed by atoms with E-state index >= 15 is 0 Å². The van der Waals surface area contributed by atoms with E-state index in [1.165, 1.54) is 5.56 Å². The Morgan fingerprint density at radius 1 is 1.23 bits per heavy atom. The number of nitrogens with zero attached hydrogens (tertiary/aromatic N) is 4. The number of anilines is 1. The third-order valence-corrected chi connectivity index (χ3v) is 5.64. The molecule has 0 spiro atoms. The molecule has 0 aliphatic carbocycles. The van der Waals surface area contributed by atoms with Gasteiger partial charge in [-0.2, -0.15) is 4.98 Å². The number of hydrogen-bond acceptors (Lipinski definition) is 6. The monoisotopic (exact) mass is 419 g/mol. The van der Waals surface area contributed by atoms with Crippen molar-refractivity contribution >= 4 is 11.6 Å². The Balaban J connectivity index is 1.36. The number of carbonyl (C=O) groups excluding carboxylic acids is 1. The van der Waals surface area contributed by atoms with Crippen LogP contribution in [-0.2, 0) is 16.8 Å². The van der Waals surface area contributed by atoms with E-state index in [2.05, 4.69) is 58.2 Å². The fourth-order valence-electron chi connectivity index (χ4n) is 3.84. The third kappa shape index (κ3) is 5.35. The van der Waals surface area contributed by atoms with Crippen LogP contribution in [0.4, 0.5) is 5.69 Å². The Bertz CT molecular complexity index is 1010. The first-order chi connectivity index (χ1) is 14.9. The van der Waals surface area contributed by atoms with Gasteiger partial charge in [-0.15, -0.1) is 0 Å². The van der Waals surface area contributed by atoms with E-state index in [-0.39, 0.29) is 17.2 Å². The van der Waals surface area contributed by atoms with Crippen molar-refractivity contribution in [2.24, 2.45) is 5.92 Å². The van der Waals surface area contributed by atoms with E-state index in [1.54, 1.807) is 12.4 Å². The number of rotatable bonds is 5. The molecule has 1 N–H and O–H groups in total. The van der Waals surface area contributed by atoms with Crippen LogP contribution >= 0.6 is 0 Å². The number of likely N-dealkylation sites (tertiary alicyclic amines) is 1. The zero-order valence-corrected chi connectivity index (χ0v) is 18.3. The van der Waals surface area contributed by atoms with Gasteiger partial charge >= 0.3 is 0 Å². The fourth-order valence-corrected chi connectivity index (χ4v) is 3.84. The van der Waals surface area contributed by atoms with Gasteiger partial charge in [0, 0.05) is 18.3 Å². The Hall–Kier alpha value is -3.06. The van der Waals surface area contributed by atoms with Gasteiger partial charge in [0.05, 0.1) is 24.3 Å². The lowest BCUT2D eigenvalue weighted by Crippen LogP contribution is -2.40. The van der Waals surface area contributed by atoms with Crippen molar-refractivity contribution in [3.05, 3.63) is 60.2 Å². The topological polar surface area (TPSA) is 84.2 Å². The van der Waals surface area contributed by atoms with Crippen LogP contribution < -0.4 is 5.32 Å². The number of nitrogens with one attached hydrogen (secondary N) is 1. The van der Waals surface area contributed by atoms with Crippen LogP contribution in [0.3, 0.4) is 0 Å². The summed E-state index contributed by atoms with van der Waals surface area (Å²) in [5, 5.41) is 7.11. The molecule has 1 atom stereocenters. The number of hydrogen-bond donors (Lipinski definition) is 1. The number of benzene rings is 1. The first-order valence-corrected chi connectivity index (χ1v) is 10.8. The van der Waals surface area contributed by atoms with Gasteiger partial charge in [-0.05, 0) is 42.5 Å². The van der Waals surface area contributed by atoms with E-state index in [0.29, 0.717) is 24.8 Å². The molecule has 1 aliphatic heterocycles. The largest absolute Gasteiger partial charge is 0.338 e. The zero-order valence-electron chi connectivity index (χ0n) is 18.3. The van der Waals surface area contributed by atoms with Gasteiger partial charge < -0.3 is 9.84 Å². The van der Waals surface area contributed by atoms with Crippen LogP contribution in [0.25, 0.3) is 11.4 Å². The minimum atomic E-state index is -0.0682. The predicted molar refractivity (Wildman–Crippen MR) is 119 cm³/mol. The van der Waals surface area contributed by atoms with E-state index in [0.717, 1.165) is 30.6 Å². The first-order valence-electron chi connectivity index (χ1n) is 10.8. The smallest absolute Gasteiger partial charge is 0.241 e. The van der Waals surface area contributed by atoms with Crippen molar-refractivity contribution in [3.63, 3.8) is 0 Å². The second-order valence-electron chi connectivity index (χ2n) is 9.14. The summed E-state index contributed by atoms with van der Waals surface area (Å²) in [4.78, 5) is 23.5. The zero-order chi connectivity index (χ0) is 21.8. The molecule has 1 aromatic carbocycles. The summed E-state index contributed by atoms with van der Waals surface area (Å²) in [6, 6.07) is 12.0. The predicted octanol–water partition coefficient (Wildman–Crippen LogP) is 4.28. The Morgan fingerprint density at radius 2 is 2.03 bits per heavy atom. The molecule has 1 saturated heterocycles. The average Bonchev–Trinajstić information content (AvgIpc) is 3.22. The molecule has 1 unspecified atom stereocenters. The number of carbonyl (C=O) groups is 1. The minimum Gasteiger partial charge on any atom is -0.338 e. The normalized spacial score (nSPS) is 17.5. The van der Waals surface area contributed by atoms with Crippen molar-refractivity contribution in [2.45, 2.75) is 45.6 Å². The van der Waals surface area contributed by atoms with Gasteiger partial charge in [0.25, 0.3) is 0 Å². The Kier molecular flexibility index (Phi) is 6.13. The molecular formula is C24H29N5O2.